The summed E-state index contributed by atoms with van der Waals surface area (Å²) in [5.74, 6) is 0.585. The number of aromatic nitrogens is 3. The van der Waals surface area contributed by atoms with E-state index >= 15 is 0 Å². The molecule has 29 heavy (non-hydrogen) atoms. The molecule has 0 radical (unpaired) electrons. The SMILES string of the molecule is I.NC(=NCc1ccccc1-c1ccc(Cn2cncn2)cc1)N1CCOCC1. The van der Waals surface area contributed by atoms with Crippen molar-refractivity contribution in [3.05, 3.63) is 72.3 Å². The summed E-state index contributed by atoms with van der Waals surface area (Å²) in [5, 5.41) is 4.15. The minimum atomic E-state index is 0. The van der Waals surface area contributed by atoms with Crippen LogP contribution < -0.4 is 5.73 Å². The number of rotatable bonds is 5. The lowest BCUT2D eigenvalue weighted by molar-refractivity contribution is 0.0674. The number of hydrogen-bond donors (Lipinski definition) is 1. The topological polar surface area (TPSA) is 81.6 Å². The van der Waals surface area contributed by atoms with Gasteiger partial charge in [0.15, 0.2) is 5.96 Å². The number of hydrogen-bond acceptors (Lipinski definition) is 4. The first kappa shape index (κ1) is 21.3. The minimum absolute atomic E-state index is 0. The number of nitrogens with zero attached hydrogens (tertiary/aromatic N) is 5. The molecule has 2 heterocycles. The molecule has 0 aliphatic carbocycles. The van der Waals surface area contributed by atoms with Gasteiger partial charge in [0, 0.05) is 13.1 Å². The summed E-state index contributed by atoms with van der Waals surface area (Å²) in [6, 6.07) is 16.9. The van der Waals surface area contributed by atoms with Crippen LogP contribution in [0.15, 0.2) is 66.2 Å². The highest BCUT2D eigenvalue weighted by Gasteiger charge is 2.12. The van der Waals surface area contributed by atoms with Gasteiger partial charge in [0.2, 0.25) is 0 Å². The average molecular weight is 504 g/mol. The van der Waals surface area contributed by atoms with Crippen LogP contribution >= 0.6 is 24.0 Å². The molecule has 1 aromatic heterocycles. The molecule has 0 bridgehead atoms. The van der Waals surface area contributed by atoms with Gasteiger partial charge in [-0.1, -0.05) is 48.5 Å². The Kier molecular flexibility index (Phi) is 7.59. The Bertz CT molecular complexity index is 921. The van der Waals surface area contributed by atoms with Gasteiger partial charge in [-0.25, -0.2) is 14.7 Å². The lowest BCUT2D eigenvalue weighted by atomic mass is 9.98. The molecule has 1 fully saturated rings. The molecule has 2 aromatic carbocycles. The van der Waals surface area contributed by atoms with Crippen LogP contribution in [-0.2, 0) is 17.8 Å². The van der Waals surface area contributed by atoms with E-state index in [1.165, 1.54) is 11.1 Å². The van der Waals surface area contributed by atoms with Crippen LogP contribution in [0, 0.1) is 0 Å². The van der Waals surface area contributed by atoms with E-state index in [2.05, 4.69) is 62.4 Å². The highest BCUT2D eigenvalue weighted by molar-refractivity contribution is 14.0. The maximum atomic E-state index is 6.18. The summed E-state index contributed by atoms with van der Waals surface area (Å²) >= 11 is 0. The van der Waals surface area contributed by atoms with Crippen molar-refractivity contribution in [2.45, 2.75) is 13.1 Å². The Balaban J connectivity index is 0.00000240. The fourth-order valence-corrected chi connectivity index (χ4v) is 3.29. The van der Waals surface area contributed by atoms with Crippen molar-refractivity contribution in [3.63, 3.8) is 0 Å². The van der Waals surface area contributed by atoms with E-state index in [0.717, 1.165) is 24.2 Å². The quantitative estimate of drug-likeness (QED) is 0.329. The van der Waals surface area contributed by atoms with E-state index in [9.17, 15) is 0 Å². The standard InChI is InChI=1S/C21H24N6O.HI/c22-21(26-9-11-28-12-10-26)24-13-19-3-1-2-4-20(19)18-7-5-17(6-8-18)14-27-16-23-15-25-27;/h1-8,15-16H,9-14H2,(H2,22,24);1H. The molecule has 8 heteroatoms. The molecule has 4 rings (SSSR count). The van der Waals surface area contributed by atoms with E-state index in [0.29, 0.717) is 32.3 Å². The molecule has 0 atom stereocenters. The van der Waals surface area contributed by atoms with Crippen molar-refractivity contribution in [2.75, 3.05) is 26.3 Å². The van der Waals surface area contributed by atoms with E-state index in [1.807, 2.05) is 10.7 Å². The predicted molar refractivity (Wildman–Crippen MR) is 124 cm³/mol. The molecule has 3 aromatic rings. The van der Waals surface area contributed by atoms with Crippen LogP contribution in [0.4, 0.5) is 0 Å². The smallest absolute Gasteiger partial charge is 0.191 e. The van der Waals surface area contributed by atoms with Crippen molar-refractivity contribution < 1.29 is 4.74 Å². The molecule has 152 valence electrons. The van der Waals surface area contributed by atoms with Gasteiger partial charge in [0.25, 0.3) is 0 Å². The maximum absolute atomic E-state index is 6.18. The van der Waals surface area contributed by atoms with Crippen molar-refractivity contribution in [1.82, 2.24) is 19.7 Å². The third-order valence-electron chi connectivity index (χ3n) is 4.84. The van der Waals surface area contributed by atoms with Crippen LogP contribution in [0.1, 0.15) is 11.1 Å². The van der Waals surface area contributed by atoms with E-state index in [4.69, 9.17) is 10.5 Å². The van der Waals surface area contributed by atoms with Crippen LogP contribution in [0.25, 0.3) is 11.1 Å². The largest absolute Gasteiger partial charge is 0.378 e. The normalized spacial score (nSPS) is 14.5. The van der Waals surface area contributed by atoms with Gasteiger partial charge in [-0.3, -0.25) is 0 Å². The second-order valence-electron chi connectivity index (χ2n) is 6.72. The molecule has 0 unspecified atom stereocenters. The number of halogens is 1. The molecule has 0 spiro atoms. The number of guanidine groups is 1. The number of morpholine rings is 1. The Morgan fingerprint density at radius 2 is 1.83 bits per heavy atom. The summed E-state index contributed by atoms with van der Waals surface area (Å²) in [5.41, 5.74) is 10.9. The Hall–Kier alpha value is -2.46. The Labute approximate surface area is 187 Å². The molecule has 1 saturated heterocycles. The average Bonchev–Trinajstić information content (AvgIpc) is 3.26. The van der Waals surface area contributed by atoms with Gasteiger partial charge in [-0.15, -0.1) is 24.0 Å². The van der Waals surface area contributed by atoms with Gasteiger partial charge < -0.3 is 15.4 Å². The fraction of sp³-hybridized carbons (Fsp3) is 0.286. The van der Waals surface area contributed by atoms with Gasteiger partial charge in [-0.2, -0.15) is 5.10 Å². The molecular formula is C21H25IN6O. The molecule has 2 N–H and O–H groups in total. The van der Waals surface area contributed by atoms with Crippen molar-refractivity contribution >= 4 is 29.9 Å². The summed E-state index contributed by atoms with van der Waals surface area (Å²) < 4.78 is 7.18. The van der Waals surface area contributed by atoms with Crippen molar-refractivity contribution in [1.29, 1.82) is 0 Å². The summed E-state index contributed by atoms with van der Waals surface area (Å²) in [6.45, 7) is 4.26. The van der Waals surface area contributed by atoms with Crippen molar-refractivity contribution in [3.8, 4) is 11.1 Å². The first-order valence-corrected chi connectivity index (χ1v) is 9.42. The van der Waals surface area contributed by atoms with Crippen LogP contribution in [0.3, 0.4) is 0 Å². The molecular weight excluding hydrogens is 479 g/mol. The van der Waals surface area contributed by atoms with Gasteiger partial charge in [0.05, 0.1) is 26.3 Å². The lowest BCUT2D eigenvalue weighted by Crippen LogP contribution is -2.44. The zero-order chi connectivity index (χ0) is 19.2. The molecule has 7 nitrogen and oxygen atoms in total. The number of aliphatic imine (C=N–C) groups is 1. The van der Waals surface area contributed by atoms with Crippen LogP contribution in [-0.4, -0.2) is 51.9 Å². The molecule has 1 aliphatic heterocycles. The minimum Gasteiger partial charge on any atom is -0.378 e. The molecule has 0 saturated carbocycles. The monoisotopic (exact) mass is 504 g/mol. The number of benzene rings is 2. The van der Waals surface area contributed by atoms with Crippen LogP contribution in [0.5, 0.6) is 0 Å². The first-order valence-electron chi connectivity index (χ1n) is 9.42. The van der Waals surface area contributed by atoms with E-state index < -0.39 is 0 Å². The van der Waals surface area contributed by atoms with Gasteiger partial charge in [-0.05, 0) is 22.3 Å². The highest BCUT2D eigenvalue weighted by Crippen LogP contribution is 2.25. The third-order valence-corrected chi connectivity index (χ3v) is 4.84. The second kappa shape index (κ2) is 10.4. The second-order valence-corrected chi connectivity index (χ2v) is 6.72. The van der Waals surface area contributed by atoms with Gasteiger partial charge in [0.1, 0.15) is 12.7 Å². The fourth-order valence-electron chi connectivity index (χ4n) is 3.29. The van der Waals surface area contributed by atoms with E-state index in [-0.39, 0.29) is 24.0 Å². The Morgan fingerprint density at radius 1 is 1.07 bits per heavy atom. The molecule has 0 amide bonds. The highest BCUT2D eigenvalue weighted by atomic mass is 127. The maximum Gasteiger partial charge on any atom is 0.191 e. The number of ether oxygens (including phenoxy) is 1. The van der Waals surface area contributed by atoms with E-state index in [1.54, 1.807) is 12.7 Å². The van der Waals surface area contributed by atoms with Crippen LogP contribution in [0.2, 0.25) is 0 Å². The summed E-state index contributed by atoms with van der Waals surface area (Å²) in [4.78, 5) is 10.7. The summed E-state index contributed by atoms with van der Waals surface area (Å²) in [7, 11) is 0. The third kappa shape index (κ3) is 5.54. The number of nitrogens with two attached hydrogens (primary N) is 1. The first-order chi connectivity index (χ1) is 13.8. The predicted octanol–water partition coefficient (Wildman–Crippen LogP) is 2.76. The van der Waals surface area contributed by atoms with Gasteiger partial charge >= 0.3 is 0 Å². The Morgan fingerprint density at radius 3 is 2.55 bits per heavy atom. The zero-order valence-electron chi connectivity index (χ0n) is 16.1. The lowest BCUT2D eigenvalue weighted by Gasteiger charge is -2.27. The summed E-state index contributed by atoms with van der Waals surface area (Å²) in [6.07, 6.45) is 3.27. The zero-order valence-corrected chi connectivity index (χ0v) is 18.5. The van der Waals surface area contributed by atoms with Crippen molar-refractivity contribution in [2.24, 2.45) is 10.7 Å². The molecule has 1 aliphatic rings.